The van der Waals surface area contributed by atoms with Gasteiger partial charge in [-0.2, -0.15) is 0 Å². The SMILES string of the molecule is N[C@H]1[C@@H](CCO)CN(Cc2ccccc2)[C@@H]1C(c1ccccc1)c1ccccc1. The summed E-state index contributed by atoms with van der Waals surface area (Å²) in [5.41, 5.74) is 10.8. The van der Waals surface area contributed by atoms with Gasteiger partial charge in [0.1, 0.15) is 0 Å². The van der Waals surface area contributed by atoms with Crippen molar-refractivity contribution < 1.29 is 5.11 Å². The molecule has 0 amide bonds. The Kier molecular flexibility index (Phi) is 6.40. The average Bonchev–Trinajstić information content (AvgIpc) is 3.06. The molecule has 0 unspecified atom stereocenters. The standard InChI is InChI=1S/C26H30N2O/c27-25-23(16-17-29)19-28(18-20-10-4-1-5-11-20)26(25)24(21-12-6-2-7-13-21)22-14-8-3-9-15-22/h1-15,23-26,29H,16-19,27H2/t23-,25-,26+/m0/s1. The van der Waals surface area contributed by atoms with Gasteiger partial charge in [-0.25, -0.2) is 0 Å². The predicted octanol–water partition coefficient (Wildman–Crippen LogP) is 4.03. The van der Waals surface area contributed by atoms with Crippen LogP contribution in [-0.4, -0.2) is 35.2 Å². The number of likely N-dealkylation sites (tertiary alicyclic amines) is 1. The molecule has 4 rings (SSSR count). The molecule has 3 nitrogen and oxygen atoms in total. The van der Waals surface area contributed by atoms with Crippen LogP contribution in [0, 0.1) is 5.92 Å². The van der Waals surface area contributed by atoms with Crippen molar-refractivity contribution in [3.8, 4) is 0 Å². The van der Waals surface area contributed by atoms with Crippen LogP contribution < -0.4 is 5.73 Å². The lowest BCUT2D eigenvalue weighted by molar-refractivity contribution is 0.215. The zero-order valence-electron chi connectivity index (χ0n) is 16.8. The molecule has 3 aromatic carbocycles. The van der Waals surface area contributed by atoms with Gasteiger partial charge in [-0.15, -0.1) is 0 Å². The summed E-state index contributed by atoms with van der Waals surface area (Å²) >= 11 is 0. The molecule has 1 heterocycles. The fraction of sp³-hybridized carbons (Fsp3) is 0.308. The second kappa shape index (κ2) is 9.36. The van der Waals surface area contributed by atoms with E-state index in [1.807, 2.05) is 0 Å². The summed E-state index contributed by atoms with van der Waals surface area (Å²) in [5.74, 6) is 0.489. The van der Waals surface area contributed by atoms with E-state index in [1.165, 1.54) is 16.7 Å². The van der Waals surface area contributed by atoms with Crippen LogP contribution in [0.5, 0.6) is 0 Å². The molecule has 3 N–H and O–H groups in total. The van der Waals surface area contributed by atoms with Crippen molar-refractivity contribution in [3.63, 3.8) is 0 Å². The van der Waals surface area contributed by atoms with E-state index in [1.54, 1.807) is 0 Å². The minimum Gasteiger partial charge on any atom is -0.396 e. The zero-order chi connectivity index (χ0) is 20.1. The summed E-state index contributed by atoms with van der Waals surface area (Å²) in [6, 6.07) is 32.2. The fourth-order valence-electron chi connectivity index (χ4n) is 4.84. The second-order valence-corrected chi connectivity index (χ2v) is 8.05. The van der Waals surface area contributed by atoms with Crippen LogP contribution in [-0.2, 0) is 6.54 Å². The first kappa shape index (κ1) is 19.8. The second-order valence-electron chi connectivity index (χ2n) is 8.05. The highest BCUT2D eigenvalue weighted by Gasteiger charge is 2.44. The Bertz CT molecular complexity index is 829. The monoisotopic (exact) mass is 386 g/mol. The van der Waals surface area contributed by atoms with Gasteiger partial charge in [0.15, 0.2) is 0 Å². The third-order valence-corrected chi connectivity index (χ3v) is 6.22. The Morgan fingerprint density at radius 1 is 0.828 bits per heavy atom. The van der Waals surface area contributed by atoms with E-state index in [-0.39, 0.29) is 24.6 Å². The summed E-state index contributed by atoms with van der Waals surface area (Å²) in [5, 5.41) is 9.61. The molecule has 1 aliphatic rings. The minimum atomic E-state index is 0.0104. The van der Waals surface area contributed by atoms with E-state index >= 15 is 0 Å². The van der Waals surface area contributed by atoms with Gasteiger partial charge in [0.25, 0.3) is 0 Å². The predicted molar refractivity (Wildman–Crippen MR) is 119 cm³/mol. The van der Waals surface area contributed by atoms with Crippen molar-refractivity contribution in [2.75, 3.05) is 13.2 Å². The molecule has 29 heavy (non-hydrogen) atoms. The molecule has 0 spiro atoms. The lowest BCUT2D eigenvalue weighted by atomic mass is 9.80. The Hall–Kier alpha value is -2.46. The molecule has 1 fully saturated rings. The number of aliphatic hydroxyl groups excluding tert-OH is 1. The number of rotatable bonds is 7. The maximum Gasteiger partial charge on any atom is 0.0434 e. The van der Waals surface area contributed by atoms with E-state index in [2.05, 4.69) is 95.9 Å². The van der Waals surface area contributed by atoms with Crippen LogP contribution in [0.15, 0.2) is 91.0 Å². The molecule has 3 aromatic rings. The third kappa shape index (κ3) is 4.43. The first-order chi connectivity index (χ1) is 14.3. The van der Waals surface area contributed by atoms with Crippen molar-refractivity contribution in [3.05, 3.63) is 108 Å². The third-order valence-electron chi connectivity index (χ3n) is 6.22. The number of nitrogens with two attached hydrogens (primary N) is 1. The van der Waals surface area contributed by atoms with Gasteiger partial charge in [-0.1, -0.05) is 91.0 Å². The molecule has 0 saturated carbocycles. The largest absolute Gasteiger partial charge is 0.396 e. The van der Waals surface area contributed by atoms with Crippen LogP contribution in [0.4, 0.5) is 0 Å². The Balaban J connectivity index is 1.74. The van der Waals surface area contributed by atoms with Gasteiger partial charge in [-0.05, 0) is 29.0 Å². The zero-order valence-corrected chi connectivity index (χ0v) is 16.8. The van der Waals surface area contributed by atoms with Crippen LogP contribution in [0.3, 0.4) is 0 Å². The molecule has 0 aliphatic carbocycles. The lowest BCUT2D eigenvalue weighted by Crippen LogP contribution is -2.45. The maximum absolute atomic E-state index is 9.61. The normalized spacial score (nSPS) is 22.2. The van der Waals surface area contributed by atoms with E-state index in [9.17, 15) is 5.11 Å². The van der Waals surface area contributed by atoms with Gasteiger partial charge in [0.2, 0.25) is 0 Å². The summed E-state index contributed by atoms with van der Waals surface area (Å²) in [6.45, 7) is 1.97. The molecule has 1 aliphatic heterocycles. The van der Waals surface area contributed by atoms with Crippen molar-refractivity contribution in [2.24, 2.45) is 11.7 Å². The highest BCUT2D eigenvalue weighted by molar-refractivity contribution is 5.36. The van der Waals surface area contributed by atoms with Crippen molar-refractivity contribution in [1.82, 2.24) is 4.90 Å². The number of hydrogen-bond acceptors (Lipinski definition) is 3. The first-order valence-corrected chi connectivity index (χ1v) is 10.5. The Morgan fingerprint density at radius 2 is 1.34 bits per heavy atom. The van der Waals surface area contributed by atoms with E-state index in [4.69, 9.17) is 5.73 Å². The highest BCUT2D eigenvalue weighted by Crippen LogP contribution is 2.39. The first-order valence-electron chi connectivity index (χ1n) is 10.5. The van der Waals surface area contributed by atoms with Gasteiger partial charge < -0.3 is 10.8 Å². The number of nitrogens with zero attached hydrogens (tertiary/aromatic N) is 1. The molecular formula is C26H30N2O. The van der Waals surface area contributed by atoms with Crippen LogP contribution >= 0.6 is 0 Å². The summed E-state index contributed by atoms with van der Waals surface area (Å²) in [7, 11) is 0. The minimum absolute atomic E-state index is 0.0104. The molecular weight excluding hydrogens is 356 g/mol. The summed E-state index contributed by atoms with van der Waals surface area (Å²) < 4.78 is 0. The van der Waals surface area contributed by atoms with Crippen molar-refractivity contribution in [1.29, 1.82) is 0 Å². The average molecular weight is 387 g/mol. The number of benzene rings is 3. The molecule has 0 bridgehead atoms. The molecule has 0 aromatic heterocycles. The number of hydrogen-bond donors (Lipinski definition) is 2. The lowest BCUT2D eigenvalue weighted by Gasteiger charge is -2.35. The van der Waals surface area contributed by atoms with Gasteiger partial charge in [-0.3, -0.25) is 4.90 Å². The van der Waals surface area contributed by atoms with Crippen LogP contribution in [0.1, 0.15) is 29.0 Å². The smallest absolute Gasteiger partial charge is 0.0434 e. The van der Waals surface area contributed by atoms with Crippen molar-refractivity contribution >= 4 is 0 Å². The topological polar surface area (TPSA) is 49.5 Å². The Morgan fingerprint density at radius 3 is 1.86 bits per heavy atom. The molecule has 1 saturated heterocycles. The van der Waals surface area contributed by atoms with Crippen LogP contribution in [0.2, 0.25) is 0 Å². The van der Waals surface area contributed by atoms with Crippen LogP contribution in [0.25, 0.3) is 0 Å². The molecule has 0 radical (unpaired) electrons. The summed E-state index contributed by atoms with van der Waals surface area (Å²) in [6.07, 6.45) is 0.749. The van der Waals surface area contributed by atoms with Crippen molar-refractivity contribution in [2.45, 2.75) is 31.0 Å². The van der Waals surface area contributed by atoms with Gasteiger partial charge in [0, 0.05) is 37.7 Å². The summed E-state index contributed by atoms with van der Waals surface area (Å²) in [4.78, 5) is 2.53. The molecule has 150 valence electrons. The van der Waals surface area contributed by atoms with E-state index < -0.39 is 0 Å². The van der Waals surface area contributed by atoms with Gasteiger partial charge >= 0.3 is 0 Å². The van der Waals surface area contributed by atoms with Gasteiger partial charge in [0.05, 0.1) is 0 Å². The fourth-order valence-corrected chi connectivity index (χ4v) is 4.84. The number of aliphatic hydroxyl groups is 1. The maximum atomic E-state index is 9.61. The van der Waals surface area contributed by atoms with E-state index in [0.29, 0.717) is 5.92 Å². The van der Waals surface area contributed by atoms with E-state index in [0.717, 1.165) is 19.5 Å². The highest BCUT2D eigenvalue weighted by atomic mass is 16.3. The quantitative estimate of drug-likeness (QED) is 0.645. The molecule has 3 atom stereocenters. The Labute approximate surface area is 173 Å². The molecule has 3 heteroatoms.